The summed E-state index contributed by atoms with van der Waals surface area (Å²) in [4.78, 5) is 46.2. The van der Waals surface area contributed by atoms with Gasteiger partial charge in [0.1, 0.15) is 33.5 Å². The number of nitrogens with one attached hydrogen (secondary N) is 1. The third-order valence-electron chi connectivity index (χ3n) is 6.79. The van der Waals surface area contributed by atoms with Crippen LogP contribution in [-0.4, -0.2) is 63.6 Å². The lowest BCUT2D eigenvalue weighted by molar-refractivity contribution is -0.122. The largest absolute Gasteiger partial charge is 0.496 e. The summed E-state index contributed by atoms with van der Waals surface area (Å²) in [5.74, 6) is -0.513. The van der Waals surface area contributed by atoms with Gasteiger partial charge in [-0.1, -0.05) is 11.3 Å². The van der Waals surface area contributed by atoms with Gasteiger partial charge in [-0.25, -0.2) is 13.8 Å². The standard InChI is InChI=1S/C26H28FN7O5S/c1-15-21-23(36)33(18-7-9-29-22(18)35)26(37)32(25(21)40-24(15)34-30-10-11-31-34)14-20(39-12-4-8-28-2)17-13-16(27)5-6-19(17)38-3/h5-6,8,10-11,13,18,20H,4,7,9,12,14H2,1-3H3,(H,29,35)/t18-,20+/m1/s1. The molecule has 3 aromatic heterocycles. The highest BCUT2D eigenvalue weighted by Crippen LogP contribution is 2.34. The first-order chi connectivity index (χ1) is 19.3. The smallest absolute Gasteiger partial charge is 0.332 e. The summed E-state index contributed by atoms with van der Waals surface area (Å²) in [7, 11) is 3.11. The van der Waals surface area contributed by atoms with E-state index in [2.05, 4.69) is 20.5 Å². The van der Waals surface area contributed by atoms with Crippen molar-refractivity contribution >= 4 is 33.7 Å². The molecule has 1 aliphatic heterocycles. The number of aromatic nitrogens is 5. The van der Waals surface area contributed by atoms with Crippen molar-refractivity contribution in [3.8, 4) is 10.8 Å². The third-order valence-corrected chi connectivity index (χ3v) is 8.07. The van der Waals surface area contributed by atoms with Crippen LogP contribution in [0.3, 0.4) is 0 Å². The highest BCUT2D eigenvalue weighted by Gasteiger charge is 2.33. The summed E-state index contributed by atoms with van der Waals surface area (Å²) in [5, 5.41) is 11.9. The minimum absolute atomic E-state index is 0.0844. The first-order valence-corrected chi connectivity index (χ1v) is 13.5. The van der Waals surface area contributed by atoms with Crippen LogP contribution in [0.2, 0.25) is 0 Å². The Morgan fingerprint density at radius 2 is 2.05 bits per heavy atom. The number of aryl methyl sites for hydroxylation is 1. The number of benzene rings is 1. The van der Waals surface area contributed by atoms with Crippen LogP contribution in [0.1, 0.15) is 36.1 Å². The van der Waals surface area contributed by atoms with Gasteiger partial charge in [0, 0.05) is 37.4 Å². The molecule has 5 rings (SSSR count). The van der Waals surface area contributed by atoms with E-state index in [1.165, 1.54) is 58.4 Å². The third kappa shape index (κ3) is 4.95. The molecule has 0 radical (unpaired) electrons. The van der Waals surface area contributed by atoms with Gasteiger partial charge >= 0.3 is 5.69 Å². The molecule has 1 saturated heterocycles. The zero-order chi connectivity index (χ0) is 28.4. The molecule has 1 fully saturated rings. The normalized spacial score (nSPS) is 16.2. The number of methoxy groups -OCH3 is 1. The molecule has 40 heavy (non-hydrogen) atoms. The lowest BCUT2D eigenvalue weighted by atomic mass is 10.1. The van der Waals surface area contributed by atoms with Gasteiger partial charge in [0.25, 0.3) is 5.56 Å². The lowest BCUT2D eigenvalue weighted by Crippen LogP contribution is -2.44. The molecule has 12 nitrogen and oxygen atoms in total. The van der Waals surface area contributed by atoms with Crippen molar-refractivity contribution in [2.45, 2.75) is 38.5 Å². The van der Waals surface area contributed by atoms with Gasteiger partial charge in [0.15, 0.2) is 0 Å². The van der Waals surface area contributed by atoms with Gasteiger partial charge in [-0.05, 0) is 31.5 Å². The zero-order valence-electron chi connectivity index (χ0n) is 22.2. The van der Waals surface area contributed by atoms with E-state index in [0.29, 0.717) is 46.1 Å². The molecule has 1 aliphatic rings. The highest BCUT2D eigenvalue weighted by molar-refractivity contribution is 7.21. The monoisotopic (exact) mass is 569 g/mol. The van der Waals surface area contributed by atoms with E-state index in [1.54, 1.807) is 20.2 Å². The molecule has 0 bridgehead atoms. The minimum Gasteiger partial charge on any atom is -0.496 e. The van der Waals surface area contributed by atoms with Crippen LogP contribution in [0, 0.1) is 12.7 Å². The van der Waals surface area contributed by atoms with Gasteiger partial charge in [-0.2, -0.15) is 10.2 Å². The average molecular weight is 570 g/mol. The number of rotatable bonds is 10. The summed E-state index contributed by atoms with van der Waals surface area (Å²) in [6, 6.07) is 3.12. The number of carbonyl (C=O) groups is 1. The molecule has 2 atom stereocenters. The highest BCUT2D eigenvalue weighted by atomic mass is 32.1. The molecular formula is C26H28FN7O5S. The molecule has 0 unspecified atom stereocenters. The molecular weight excluding hydrogens is 541 g/mol. The van der Waals surface area contributed by atoms with Crippen molar-refractivity contribution in [3.63, 3.8) is 0 Å². The molecule has 4 aromatic rings. The zero-order valence-corrected chi connectivity index (χ0v) is 23.0. The summed E-state index contributed by atoms with van der Waals surface area (Å²) in [5.41, 5.74) is -0.262. The second kappa shape index (κ2) is 11.5. The summed E-state index contributed by atoms with van der Waals surface area (Å²) >= 11 is 1.18. The van der Waals surface area contributed by atoms with Gasteiger partial charge in [0.05, 0.1) is 38.0 Å². The number of thiophene rings is 1. The molecule has 1 aromatic carbocycles. The molecule has 0 spiro atoms. The van der Waals surface area contributed by atoms with Crippen LogP contribution < -0.4 is 21.3 Å². The Bertz CT molecular complexity index is 1690. The maximum atomic E-state index is 14.4. The van der Waals surface area contributed by atoms with Crippen molar-refractivity contribution in [1.29, 1.82) is 0 Å². The Kier molecular flexibility index (Phi) is 7.89. The Hall–Kier alpha value is -4.17. The maximum absolute atomic E-state index is 14.4. The lowest BCUT2D eigenvalue weighted by Gasteiger charge is -2.23. The second-order valence-electron chi connectivity index (χ2n) is 9.17. The number of nitrogens with zero attached hydrogens (tertiary/aromatic N) is 6. The Morgan fingerprint density at radius 3 is 2.73 bits per heavy atom. The van der Waals surface area contributed by atoms with E-state index >= 15 is 0 Å². The Labute approximate surface area is 231 Å². The van der Waals surface area contributed by atoms with Crippen molar-refractivity contribution in [2.75, 3.05) is 27.3 Å². The average Bonchev–Trinajstić information content (AvgIpc) is 3.69. The quantitative estimate of drug-likeness (QED) is 0.229. The van der Waals surface area contributed by atoms with E-state index < -0.39 is 35.1 Å². The first-order valence-electron chi connectivity index (χ1n) is 12.6. The Balaban J connectivity index is 1.73. The number of halogens is 1. The maximum Gasteiger partial charge on any atom is 0.332 e. The van der Waals surface area contributed by atoms with Gasteiger partial charge in [-0.15, -0.1) is 4.80 Å². The van der Waals surface area contributed by atoms with Crippen LogP contribution in [-0.2, 0) is 16.1 Å². The fourth-order valence-electron chi connectivity index (χ4n) is 4.88. The molecule has 0 aliphatic carbocycles. The second-order valence-corrected chi connectivity index (χ2v) is 10.1. The summed E-state index contributed by atoms with van der Waals surface area (Å²) < 4.78 is 28.5. The number of aliphatic imine (C=N–C) groups is 1. The van der Waals surface area contributed by atoms with E-state index in [1.807, 2.05) is 0 Å². The molecule has 4 heterocycles. The van der Waals surface area contributed by atoms with Crippen LogP contribution in [0.5, 0.6) is 5.75 Å². The molecule has 0 saturated carbocycles. The van der Waals surface area contributed by atoms with Crippen molar-refractivity contribution < 1.29 is 18.7 Å². The van der Waals surface area contributed by atoms with E-state index in [0.717, 1.165) is 4.57 Å². The fourth-order valence-corrected chi connectivity index (χ4v) is 6.10. The molecule has 1 N–H and O–H groups in total. The number of carbonyl (C=O) groups excluding carboxylic acids is 1. The number of amides is 1. The summed E-state index contributed by atoms with van der Waals surface area (Å²) in [6.07, 6.45) is 4.66. The molecule has 14 heteroatoms. The van der Waals surface area contributed by atoms with Gasteiger partial charge < -0.3 is 19.8 Å². The topological polar surface area (TPSA) is 135 Å². The van der Waals surface area contributed by atoms with E-state index in [9.17, 15) is 18.8 Å². The van der Waals surface area contributed by atoms with Crippen molar-refractivity contribution in [3.05, 3.63) is 68.4 Å². The molecule has 1 amide bonds. The SMILES string of the molecule is CN=CCCO[C@@H](Cn1c(=O)n([C@@H]2CCNC2=O)c(=O)c2c(C)c(-n3nccn3)sc21)c1cc(F)ccc1OC. The van der Waals surface area contributed by atoms with Crippen molar-refractivity contribution in [1.82, 2.24) is 29.4 Å². The van der Waals surface area contributed by atoms with Crippen molar-refractivity contribution in [2.24, 2.45) is 4.99 Å². The number of ether oxygens (including phenoxy) is 2. The summed E-state index contributed by atoms with van der Waals surface area (Å²) in [6.45, 7) is 2.25. The number of hydrogen-bond donors (Lipinski definition) is 1. The molecule has 210 valence electrons. The van der Waals surface area contributed by atoms with Crippen LogP contribution in [0.25, 0.3) is 15.2 Å². The van der Waals surface area contributed by atoms with Crippen LogP contribution in [0.15, 0.2) is 45.2 Å². The first kappa shape index (κ1) is 27.4. The van der Waals surface area contributed by atoms with Gasteiger partial charge in [-0.3, -0.25) is 14.2 Å². The number of hydrogen-bond acceptors (Lipinski definition) is 9. The van der Waals surface area contributed by atoms with E-state index in [-0.39, 0.29) is 18.5 Å². The van der Waals surface area contributed by atoms with Crippen LogP contribution >= 0.6 is 11.3 Å². The minimum atomic E-state index is -0.954. The van der Waals surface area contributed by atoms with Crippen LogP contribution in [0.4, 0.5) is 4.39 Å². The Morgan fingerprint density at radius 1 is 1.27 bits per heavy atom. The predicted octanol–water partition coefficient (Wildman–Crippen LogP) is 2.17. The fraction of sp³-hybridized carbons (Fsp3) is 0.385. The van der Waals surface area contributed by atoms with Gasteiger partial charge in [0.2, 0.25) is 5.91 Å². The van der Waals surface area contributed by atoms with E-state index in [4.69, 9.17) is 9.47 Å². The predicted molar refractivity (Wildman–Crippen MR) is 147 cm³/mol. The number of fused-ring (bicyclic) bond motifs is 1.